The molecule has 0 bridgehead atoms. The summed E-state index contributed by atoms with van der Waals surface area (Å²) >= 11 is 4.73. The minimum Gasteiger partial charge on any atom is -0.389 e. The fourth-order valence-electron chi connectivity index (χ4n) is 1.92. The normalized spacial score (nSPS) is 17.3. The van der Waals surface area contributed by atoms with Gasteiger partial charge in [-0.1, -0.05) is 10.3 Å². The summed E-state index contributed by atoms with van der Waals surface area (Å²) in [5.41, 5.74) is 0.991. The van der Waals surface area contributed by atoms with E-state index in [1.54, 1.807) is 17.8 Å². The Morgan fingerprint density at radius 1 is 1.45 bits per heavy atom. The highest BCUT2D eigenvalue weighted by molar-refractivity contribution is 9.10. The molecular formula is C13H12BrFN2O2S. The standard InChI is InChI=1S/C13H12BrFN2O2S/c1-13(2)5-12(17-19-13)20-6-10-7-3-8(14)9(15)4-11(7)18-16-10/h3-4H,5-6H2,1-2H3. The van der Waals surface area contributed by atoms with Gasteiger partial charge in [-0.25, -0.2) is 4.39 Å². The fraction of sp³-hybridized carbons (Fsp3) is 0.385. The van der Waals surface area contributed by atoms with Crippen LogP contribution in [0.5, 0.6) is 0 Å². The highest BCUT2D eigenvalue weighted by Gasteiger charge is 2.29. The zero-order valence-electron chi connectivity index (χ0n) is 10.9. The Morgan fingerprint density at radius 3 is 2.95 bits per heavy atom. The molecule has 1 aromatic carbocycles. The molecule has 0 N–H and O–H groups in total. The highest BCUT2D eigenvalue weighted by atomic mass is 79.9. The Labute approximate surface area is 127 Å². The van der Waals surface area contributed by atoms with Crippen molar-refractivity contribution in [3.05, 3.63) is 28.1 Å². The van der Waals surface area contributed by atoms with Crippen molar-refractivity contribution < 1.29 is 13.8 Å². The first-order chi connectivity index (χ1) is 9.44. The molecule has 0 fully saturated rings. The van der Waals surface area contributed by atoms with Crippen LogP contribution >= 0.6 is 27.7 Å². The van der Waals surface area contributed by atoms with Gasteiger partial charge in [0.25, 0.3) is 0 Å². The number of benzene rings is 1. The maximum absolute atomic E-state index is 13.4. The molecule has 0 unspecified atom stereocenters. The maximum Gasteiger partial charge on any atom is 0.170 e. The van der Waals surface area contributed by atoms with Crippen LogP contribution in [0.1, 0.15) is 26.0 Å². The van der Waals surface area contributed by atoms with Gasteiger partial charge in [0.05, 0.1) is 4.47 Å². The van der Waals surface area contributed by atoms with Crippen LogP contribution in [0.15, 0.2) is 26.3 Å². The van der Waals surface area contributed by atoms with Crippen molar-refractivity contribution in [2.45, 2.75) is 31.6 Å². The van der Waals surface area contributed by atoms with Crippen molar-refractivity contribution in [1.29, 1.82) is 0 Å². The quantitative estimate of drug-likeness (QED) is 0.794. The minimum atomic E-state index is -0.358. The summed E-state index contributed by atoms with van der Waals surface area (Å²) in [5.74, 6) is 0.256. The van der Waals surface area contributed by atoms with Crippen LogP contribution in [0.4, 0.5) is 4.39 Å². The molecule has 1 aliphatic rings. The fourth-order valence-corrected chi connectivity index (χ4v) is 3.31. The lowest BCUT2D eigenvalue weighted by Gasteiger charge is -2.12. The minimum absolute atomic E-state index is 0.236. The molecule has 2 heterocycles. The van der Waals surface area contributed by atoms with Crippen LogP contribution in [0.25, 0.3) is 11.0 Å². The van der Waals surface area contributed by atoms with E-state index in [4.69, 9.17) is 9.36 Å². The summed E-state index contributed by atoms with van der Waals surface area (Å²) in [5, 5.41) is 9.79. The molecule has 7 heteroatoms. The number of thioether (sulfide) groups is 1. The van der Waals surface area contributed by atoms with Crippen molar-refractivity contribution in [2.75, 3.05) is 0 Å². The van der Waals surface area contributed by atoms with Crippen LogP contribution in [0.2, 0.25) is 0 Å². The molecular weight excluding hydrogens is 347 g/mol. The first kappa shape index (κ1) is 13.9. The molecule has 0 radical (unpaired) electrons. The summed E-state index contributed by atoms with van der Waals surface area (Å²) in [6, 6.07) is 3.02. The van der Waals surface area contributed by atoms with E-state index in [1.807, 2.05) is 13.8 Å². The summed E-state index contributed by atoms with van der Waals surface area (Å²) in [4.78, 5) is 5.31. The molecule has 0 spiro atoms. The lowest BCUT2D eigenvalue weighted by Crippen LogP contribution is -2.18. The van der Waals surface area contributed by atoms with Crippen LogP contribution in [-0.4, -0.2) is 15.8 Å². The zero-order chi connectivity index (χ0) is 14.3. The van der Waals surface area contributed by atoms with E-state index in [0.29, 0.717) is 15.8 Å². The highest BCUT2D eigenvalue weighted by Crippen LogP contribution is 2.32. The number of nitrogens with zero attached hydrogens (tertiary/aromatic N) is 2. The van der Waals surface area contributed by atoms with Crippen LogP contribution < -0.4 is 0 Å². The van der Waals surface area contributed by atoms with Gasteiger partial charge in [-0.2, -0.15) is 0 Å². The topological polar surface area (TPSA) is 47.6 Å². The number of halogens is 2. The summed E-state index contributed by atoms with van der Waals surface area (Å²) < 4.78 is 18.9. The molecule has 1 aliphatic heterocycles. The van der Waals surface area contributed by atoms with Gasteiger partial charge in [0.15, 0.2) is 5.58 Å². The van der Waals surface area contributed by atoms with E-state index in [-0.39, 0.29) is 11.4 Å². The summed E-state index contributed by atoms with van der Waals surface area (Å²) in [7, 11) is 0. The van der Waals surface area contributed by atoms with E-state index >= 15 is 0 Å². The van der Waals surface area contributed by atoms with E-state index in [9.17, 15) is 4.39 Å². The molecule has 2 aromatic rings. The maximum atomic E-state index is 13.4. The van der Waals surface area contributed by atoms with Crippen molar-refractivity contribution in [2.24, 2.45) is 5.16 Å². The molecule has 1 aromatic heterocycles. The molecule has 4 nitrogen and oxygen atoms in total. The first-order valence-electron chi connectivity index (χ1n) is 6.06. The van der Waals surface area contributed by atoms with E-state index < -0.39 is 0 Å². The van der Waals surface area contributed by atoms with Crippen LogP contribution in [0.3, 0.4) is 0 Å². The second-order valence-corrected chi connectivity index (χ2v) is 7.10. The number of oxime groups is 1. The Bertz CT molecular complexity index is 699. The molecule has 0 saturated heterocycles. The Kier molecular flexibility index (Phi) is 3.50. The number of rotatable bonds is 2. The van der Waals surface area contributed by atoms with Crippen molar-refractivity contribution >= 4 is 43.7 Å². The van der Waals surface area contributed by atoms with Crippen molar-refractivity contribution in [3.63, 3.8) is 0 Å². The van der Waals surface area contributed by atoms with Gasteiger partial charge < -0.3 is 9.36 Å². The van der Waals surface area contributed by atoms with Crippen LogP contribution in [-0.2, 0) is 10.6 Å². The SMILES string of the molecule is CC1(C)CC(SCc2noc3cc(F)c(Br)cc23)=NO1. The van der Waals surface area contributed by atoms with E-state index in [2.05, 4.69) is 26.2 Å². The average molecular weight is 359 g/mol. The Hall–Kier alpha value is -1.08. The zero-order valence-corrected chi connectivity index (χ0v) is 13.3. The van der Waals surface area contributed by atoms with Gasteiger partial charge >= 0.3 is 0 Å². The molecule has 3 rings (SSSR count). The molecule has 0 atom stereocenters. The molecule has 106 valence electrons. The third-order valence-corrected chi connectivity index (χ3v) is 4.51. The molecule has 0 saturated carbocycles. The van der Waals surface area contributed by atoms with Gasteiger partial charge in [-0.05, 0) is 35.8 Å². The molecule has 20 heavy (non-hydrogen) atoms. The number of aromatic nitrogens is 1. The second-order valence-electron chi connectivity index (χ2n) is 5.19. The van der Waals surface area contributed by atoms with Gasteiger partial charge in [0.2, 0.25) is 0 Å². The van der Waals surface area contributed by atoms with E-state index in [1.165, 1.54) is 6.07 Å². The number of hydrogen-bond donors (Lipinski definition) is 0. The summed E-state index contributed by atoms with van der Waals surface area (Å²) in [6.45, 7) is 3.99. The van der Waals surface area contributed by atoms with Gasteiger partial charge in [-0.3, -0.25) is 0 Å². The molecule has 0 amide bonds. The Balaban J connectivity index is 1.77. The first-order valence-corrected chi connectivity index (χ1v) is 7.84. The van der Waals surface area contributed by atoms with Crippen LogP contribution in [0, 0.1) is 5.82 Å². The lowest BCUT2D eigenvalue weighted by molar-refractivity contribution is 0.0123. The van der Waals surface area contributed by atoms with Gasteiger partial charge in [-0.15, -0.1) is 11.8 Å². The largest absolute Gasteiger partial charge is 0.389 e. The number of fused-ring (bicyclic) bond motifs is 1. The van der Waals surface area contributed by atoms with E-state index in [0.717, 1.165) is 22.5 Å². The number of hydrogen-bond acceptors (Lipinski definition) is 5. The van der Waals surface area contributed by atoms with Gasteiger partial charge in [0.1, 0.15) is 22.2 Å². The average Bonchev–Trinajstić information content (AvgIpc) is 2.91. The Morgan fingerprint density at radius 2 is 2.25 bits per heavy atom. The molecule has 0 aliphatic carbocycles. The predicted octanol–water partition coefficient (Wildman–Crippen LogP) is 4.48. The van der Waals surface area contributed by atoms with Crippen molar-refractivity contribution in [3.8, 4) is 0 Å². The third-order valence-electron chi connectivity index (χ3n) is 2.93. The van der Waals surface area contributed by atoms with Crippen molar-refractivity contribution in [1.82, 2.24) is 5.16 Å². The van der Waals surface area contributed by atoms with Gasteiger partial charge in [0, 0.05) is 23.6 Å². The second kappa shape index (κ2) is 5.04. The summed E-state index contributed by atoms with van der Waals surface area (Å²) in [6.07, 6.45) is 0.784. The predicted molar refractivity (Wildman–Crippen MR) is 80.2 cm³/mol. The monoisotopic (exact) mass is 358 g/mol. The lowest BCUT2D eigenvalue weighted by atomic mass is 10.1. The third kappa shape index (κ3) is 2.69. The smallest absolute Gasteiger partial charge is 0.170 e.